The van der Waals surface area contributed by atoms with Crippen molar-refractivity contribution in [1.29, 1.82) is 0 Å². The number of amidine groups is 1. The molecule has 0 unspecified atom stereocenters. The molecule has 3 N–H and O–H groups in total. The number of oxime groups is 1. The Kier molecular flexibility index (Phi) is 3.69. The molecule has 4 heteroatoms. The van der Waals surface area contributed by atoms with Crippen LogP contribution in [0.5, 0.6) is 0 Å². The number of hydrogen-bond donors (Lipinski definition) is 2. The first-order valence-corrected chi connectivity index (χ1v) is 6.77. The van der Waals surface area contributed by atoms with E-state index in [9.17, 15) is 0 Å². The van der Waals surface area contributed by atoms with Gasteiger partial charge in [-0.05, 0) is 36.8 Å². The number of nitrogens with zero attached hydrogens (tertiary/aromatic N) is 2. The summed E-state index contributed by atoms with van der Waals surface area (Å²) in [6.07, 6.45) is 2.33. The molecule has 0 atom stereocenters. The van der Waals surface area contributed by atoms with Crippen LogP contribution in [0.3, 0.4) is 0 Å². The van der Waals surface area contributed by atoms with Crippen LogP contribution in [0.2, 0.25) is 0 Å². The molecular weight excluding hydrogens is 238 g/mol. The maximum atomic E-state index is 8.93. The molecule has 1 aromatic carbocycles. The van der Waals surface area contributed by atoms with Gasteiger partial charge < -0.3 is 15.8 Å². The van der Waals surface area contributed by atoms with Crippen molar-refractivity contribution >= 4 is 11.5 Å². The molecule has 0 aromatic heterocycles. The van der Waals surface area contributed by atoms with E-state index in [1.807, 2.05) is 12.1 Å². The number of rotatable bonds is 2. The number of anilines is 1. The maximum absolute atomic E-state index is 8.93. The van der Waals surface area contributed by atoms with Crippen molar-refractivity contribution < 1.29 is 5.21 Å². The Hall–Kier alpha value is -1.71. The van der Waals surface area contributed by atoms with Gasteiger partial charge in [0.25, 0.3) is 0 Å². The fraction of sp³-hybridized carbons (Fsp3) is 0.533. The minimum absolute atomic E-state index is 0.184. The van der Waals surface area contributed by atoms with Gasteiger partial charge in [0.1, 0.15) is 0 Å². The van der Waals surface area contributed by atoms with E-state index < -0.39 is 0 Å². The van der Waals surface area contributed by atoms with Crippen molar-refractivity contribution in [3.05, 3.63) is 29.3 Å². The first-order valence-electron chi connectivity index (χ1n) is 6.77. The van der Waals surface area contributed by atoms with Crippen LogP contribution in [0.25, 0.3) is 0 Å². The second kappa shape index (κ2) is 5.11. The molecule has 4 nitrogen and oxygen atoms in total. The highest BCUT2D eigenvalue weighted by atomic mass is 16.4. The zero-order chi connectivity index (χ0) is 14.0. The second-order valence-corrected chi connectivity index (χ2v) is 6.11. The molecule has 0 amide bonds. The van der Waals surface area contributed by atoms with Crippen LogP contribution in [0.15, 0.2) is 23.4 Å². The summed E-state index contributed by atoms with van der Waals surface area (Å²) in [6, 6.07) is 5.93. The van der Waals surface area contributed by atoms with Crippen LogP contribution in [0, 0.1) is 12.3 Å². The molecule has 1 fully saturated rings. The monoisotopic (exact) mass is 261 g/mol. The Morgan fingerprint density at radius 2 is 1.95 bits per heavy atom. The topological polar surface area (TPSA) is 61.9 Å². The largest absolute Gasteiger partial charge is 0.409 e. The minimum atomic E-state index is 0.184. The zero-order valence-electron chi connectivity index (χ0n) is 12.0. The Morgan fingerprint density at radius 3 is 2.53 bits per heavy atom. The second-order valence-electron chi connectivity index (χ2n) is 6.11. The van der Waals surface area contributed by atoms with Crippen LogP contribution >= 0.6 is 0 Å². The molecular formula is C15H23N3O. The first-order chi connectivity index (χ1) is 8.94. The molecule has 1 aliphatic rings. The lowest BCUT2D eigenvalue weighted by atomic mass is 9.82. The van der Waals surface area contributed by atoms with Gasteiger partial charge in [0.15, 0.2) is 5.84 Å². The van der Waals surface area contributed by atoms with Gasteiger partial charge in [-0.15, -0.1) is 0 Å². The lowest BCUT2D eigenvalue weighted by Gasteiger charge is -2.39. The summed E-state index contributed by atoms with van der Waals surface area (Å²) in [5.74, 6) is 0.184. The van der Waals surface area contributed by atoms with Gasteiger partial charge in [0.2, 0.25) is 0 Å². The predicted molar refractivity (Wildman–Crippen MR) is 78.9 cm³/mol. The first kappa shape index (κ1) is 13.7. The molecule has 0 aliphatic carbocycles. The highest BCUT2D eigenvalue weighted by Crippen LogP contribution is 2.34. The smallest absolute Gasteiger partial charge is 0.172 e. The summed E-state index contributed by atoms with van der Waals surface area (Å²) < 4.78 is 0. The summed E-state index contributed by atoms with van der Waals surface area (Å²) in [4.78, 5) is 2.36. The van der Waals surface area contributed by atoms with Crippen LogP contribution in [0.4, 0.5) is 5.69 Å². The third kappa shape index (κ3) is 2.83. The van der Waals surface area contributed by atoms with Gasteiger partial charge in [-0.2, -0.15) is 0 Å². The third-order valence-corrected chi connectivity index (χ3v) is 4.05. The Labute approximate surface area is 114 Å². The SMILES string of the molecule is Cc1cccc(/C(N)=N/O)c1N1CCC(C)(C)CC1. The lowest BCUT2D eigenvalue weighted by Crippen LogP contribution is -2.38. The van der Waals surface area contributed by atoms with Gasteiger partial charge in [0, 0.05) is 18.7 Å². The van der Waals surface area contributed by atoms with E-state index in [1.165, 1.54) is 5.56 Å². The maximum Gasteiger partial charge on any atom is 0.172 e. The number of benzene rings is 1. The fourth-order valence-electron chi connectivity index (χ4n) is 2.67. The van der Waals surface area contributed by atoms with Crippen molar-refractivity contribution in [2.24, 2.45) is 16.3 Å². The minimum Gasteiger partial charge on any atom is -0.409 e. The highest BCUT2D eigenvalue weighted by molar-refractivity contribution is 6.02. The van der Waals surface area contributed by atoms with Gasteiger partial charge in [-0.3, -0.25) is 0 Å². The van der Waals surface area contributed by atoms with Crippen molar-refractivity contribution in [3.8, 4) is 0 Å². The van der Waals surface area contributed by atoms with Crippen LogP contribution < -0.4 is 10.6 Å². The van der Waals surface area contributed by atoms with E-state index in [0.29, 0.717) is 5.41 Å². The van der Waals surface area contributed by atoms with Crippen molar-refractivity contribution in [1.82, 2.24) is 0 Å². The number of piperidine rings is 1. The Morgan fingerprint density at radius 1 is 1.32 bits per heavy atom. The van der Waals surface area contributed by atoms with Gasteiger partial charge in [0.05, 0.1) is 5.69 Å². The standard InChI is InChI=1S/C15H23N3O/c1-11-5-4-6-12(14(16)17-19)13(11)18-9-7-15(2,3)8-10-18/h4-6,19H,7-10H2,1-3H3,(H2,16,17). The van der Waals surface area contributed by atoms with Gasteiger partial charge >= 0.3 is 0 Å². The molecule has 0 radical (unpaired) electrons. The molecule has 1 aliphatic heterocycles. The highest BCUT2D eigenvalue weighted by Gasteiger charge is 2.27. The van der Waals surface area contributed by atoms with Crippen LogP contribution in [-0.2, 0) is 0 Å². The van der Waals surface area contributed by atoms with E-state index in [-0.39, 0.29) is 5.84 Å². The van der Waals surface area contributed by atoms with E-state index in [2.05, 4.69) is 36.9 Å². The number of para-hydroxylation sites is 1. The summed E-state index contributed by atoms with van der Waals surface area (Å²) in [5, 5.41) is 12.1. The number of aryl methyl sites for hydroxylation is 1. The fourth-order valence-corrected chi connectivity index (χ4v) is 2.67. The average molecular weight is 261 g/mol. The van der Waals surface area contributed by atoms with E-state index in [1.54, 1.807) is 0 Å². The molecule has 0 saturated carbocycles. The van der Waals surface area contributed by atoms with Gasteiger partial charge in [-0.1, -0.05) is 31.1 Å². The molecule has 1 aromatic rings. The summed E-state index contributed by atoms with van der Waals surface area (Å²) in [7, 11) is 0. The summed E-state index contributed by atoms with van der Waals surface area (Å²) in [6.45, 7) is 8.73. The molecule has 19 heavy (non-hydrogen) atoms. The Bertz CT molecular complexity index is 484. The zero-order valence-corrected chi connectivity index (χ0v) is 12.0. The molecule has 0 spiro atoms. The lowest BCUT2D eigenvalue weighted by molar-refractivity contribution is 0.279. The number of nitrogens with two attached hydrogens (primary N) is 1. The molecule has 1 heterocycles. The summed E-state index contributed by atoms with van der Waals surface area (Å²) in [5.41, 5.74) is 9.31. The van der Waals surface area contributed by atoms with E-state index in [4.69, 9.17) is 10.9 Å². The van der Waals surface area contributed by atoms with Crippen LogP contribution in [-0.4, -0.2) is 24.1 Å². The quantitative estimate of drug-likeness (QED) is 0.372. The molecule has 2 rings (SSSR count). The van der Waals surface area contributed by atoms with Crippen molar-refractivity contribution in [2.45, 2.75) is 33.6 Å². The normalized spacial score (nSPS) is 19.5. The molecule has 0 bridgehead atoms. The van der Waals surface area contributed by atoms with Crippen LogP contribution in [0.1, 0.15) is 37.8 Å². The Balaban J connectivity index is 2.35. The molecule has 1 saturated heterocycles. The van der Waals surface area contributed by atoms with Gasteiger partial charge in [-0.25, -0.2) is 0 Å². The number of hydrogen-bond acceptors (Lipinski definition) is 3. The average Bonchev–Trinajstić information content (AvgIpc) is 2.38. The van der Waals surface area contributed by atoms with E-state index >= 15 is 0 Å². The van der Waals surface area contributed by atoms with Crippen molar-refractivity contribution in [2.75, 3.05) is 18.0 Å². The predicted octanol–water partition coefficient (Wildman–Crippen LogP) is 2.72. The van der Waals surface area contributed by atoms with E-state index in [0.717, 1.165) is 37.2 Å². The third-order valence-electron chi connectivity index (χ3n) is 4.05. The van der Waals surface area contributed by atoms with Crippen molar-refractivity contribution in [3.63, 3.8) is 0 Å². The summed E-state index contributed by atoms with van der Waals surface area (Å²) >= 11 is 0. The molecule has 104 valence electrons.